The van der Waals surface area contributed by atoms with Crippen molar-refractivity contribution < 1.29 is 9.53 Å². The molecule has 7 nitrogen and oxygen atoms in total. The molecule has 0 radical (unpaired) electrons. The van der Waals surface area contributed by atoms with E-state index in [1.807, 2.05) is 34.4 Å². The molecule has 0 spiro atoms. The van der Waals surface area contributed by atoms with E-state index in [0.29, 0.717) is 32.1 Å². The molecule has 2 aliphatic heterocycles. The average molecular weight is 566 g/mol. The predicted molar refractivity (Wildman–Crippen MR) is 155 cm³/mol. The summed E-state index contributed by atoms with van der Waals surface area (Å²) in [5.41, 5.74) is 3.08. The van der Waals surface area contributed by atoms with Crippen LogP contribution in [-0.2, 0) is 22.5 Å². The van der Waals surface area contributed by atoms with E-state index in [9.17, 15) is 4.79 Å². The van der Waals surface area contributed by atoms with Gasteiger partial charge in [0.25, 0.3) is 0 Å². The Labute approximate surface area is 239 Å². The van der Waals surface area contributed by atoms with E-state index in [1.54, 1.807) is 0 Å². The first-order chi connectivity index (χ1) is 19.2. The monoisotopic (exact) mass is 565 g/mol. The molecule has 9 heteroatoms. The Morgan fingerprint density at radius 1 is 1.00 bits per heavy atom. The Morgan fingerprint density at radius 2 is 1.77 bits per heavy atom. The Kier molecular flexibility index (Phi) is 8.42. The minimum Gasteiger partial charge on any atom is -0.378 e. The zero-order valence-electron chi connectivity index (χ0n) is 22.4. The van der Waals surface area contributed by atoms with E-state index < -0.39 is 0 Å². The molecule has 1 aromatic carbocycles. The minimum atomic E-state index is 0.288. The summed E-state index contributed by atoms with van der Waals surface area (Å²) in [6, 6.07) is 10.3. The normalized spacial score (nSPS) is 16.9. The van der Waals surface area contributed by atoms with Gasteiger partial charge < -0.3 is 9.64 Å². The van der Waals surface area contributed by atoms with Crippen molar-refractivity contribution >= 4 is 34.6 Å². The molecular formula is C30H36ClN5O2S. The van der Waals surface area contributed by atoms with Crippen LogP contribution in [0.25, 0.3) is 5.00 Å². The summed E-state index contributed by atoms with van der Waals surface area (Å²) in [6.45, 7) is 3.36. The second-order valence-electron chi connectivity index (χ2n) is 10.8. The van der Waals surface area contributed by atoms with Crippen LogP contribution in [0.1, 0.15) is 91.4 Å². The fourth-order valence-corrected chi connectivity index (χ4v) is 6.97. The molecule has 2 aromatic heterocycles. The Hall–Kier alpha value is -2.55. The molecule has 1 saturated carbocycles. The highest BCUT2D eigenvalue weighted by molar-refractivity contribution is 7.15. The van der Waals surface area contributed by atoms with Crippen molar-refractivity contribution in [2.24, 2.45) is 4.99 Å². The van der Waals surface area contributed by atoms with Crippen LogP contribution in [0.4, 0.5) is 0 Å². The lowest BCUT2D eigenvalue weighted by atomic mass is 10.0. The van der Waals surface area contributed by atoms with Crippen molar-refractivity contribution in [3.63, 3.8) is 0 Å². The number of halogens is 1. The summed E-state index contributed by atoms with van der Waals surface area (Å²) in [5, 5.41) is 11.0. The van der Waals surface area contributed by atoms with Gasteiger partial charge in [0.2, 0.25) is 5.91 Å². The maximum absolute atomic E-state index is 12.3. The second-order valence-corrected chi connectivity index (χ2v) is 12.3. The van der Waals surface area contributed by atoms with Gasteiger partial charge in [-0.25, -0.2) is 0 Å². The number of benzene rings is 1. The first-order valence-corrected chi connectivity index (χ1v) is 15.6. The van der Waals surface area contributed by atoms with Gasteiger partial charge in [0.05, 0.1) is 18.9 Å². The fraction of sp³-hybridized carbons (Fsp3) is 0.533. The lowest BCUT2D eigenvalue weighted by Crippen LogP contribution is -2.40. The number of unbranched alkanes of at least 4 members (excludes halogenated alkanes) is 5. The van der Waals surface area contributed by atoms with Crippen LogP contribution in [0.5, 0.6) is 0 Å². The molecule has 39 heavy (non-hydrogen) atoms. The highest BCUT2D eigenvalue weighted by Gasteiger charge is 2.34. The quantitative estimate of drug-likeness (QED) is 0.254. The van der Waals surface area contributed by atoms with Crippen molar-refractivity contribution in [3.05, 3.63) is 63.0 Å². The van der Waals surface area contributed by atoms with Gasteiger partial charge in [-0.05, 0) is 44.2 Å². The molecule has 4 heterocycles. The number of carbonyl (C=O) groups excluding carboxylic acids is 1. The number of fused-ring (bicyclic) bond motifs is 3. The molecule has 6 rings (SSSR count). The van der Waals surface area contributed by atoms with Gasteiger partial charge in [0.1, 0.15) is 17.4 Å². The van der Waals surface area contributed by atoms with E-state index >= 15 is 0 Å². The smallest absolute Gasteiger partial charge is 0.222 e. The standard InChI is InChI=1S/C30H36ClN5O2S/c31-25-11-8-7-10-23(25)28-24-19-22(39-30(24)36-26(20-32-28)33-34-29(36)21-13-14-21)9-5-3-1-2-4-6-12-27(37)35-15-17-38-18-16-35/h7-8,10-11,19,21H,1-6,9,12-18,20H2. The van der Waals surface area contributed by atoms with Gasteiger partial charge in [-0.15, -0.1) is 21.5 Å². The summed E-state index contributed by atoms with van der Waals surface area (Å²) in [7, 11) is 0. The molecule has 206 valence electrons. The Morgan fingerprint density at radius 3 is 2.56 bits per heavy atom. The third kappa shape index (κ3) is 6.13. The van der Waals surface area contributed by atoms with Crippen molar-refractivity contribution in [1.29, 1.82) is 0 Å². The first kappa shape index (κ1) is 26.7. The summed E-state index contributed by atoms with van der Waals surface area (Å²) in [6.07, 6.45) is 11.0. The van der Waals surface area contributed by atoms with Gasteiger partial charge in [-0.1, -0.05) is 55.5 Å². The number of ether oxygens (including phenoxy) is 1. The van der Waals surface area contributed by atoms with Crippen LogP contribution in [0.2, 0.25) is 5.02 Å². The number of amides is 1. The van der Waals surface area contributed by atoms with Crippen LogP contribution >= 0.6 is 22.9 Å². The second kappa shape index (κ2) is 12.3. The molecule has 1 amide bonds. The molecule has 1 saturated heterocycles. The van der Waals surface area contributed by atoms with E-state index in [1.165, 1.54) is 42.0 Å². The molecule has 0 N–H and O–H groups in total. The van der Waals surface area contributed by atoms with Crippen LogP contribution < -0.4 is 0 Å². The van der Waals surface area contributed by atoms with Crippen molar-refractivity contribution in [3.8, 4) is 5.00 Å². The Bertz CT molecular complexity index is 1340. The van der Waals surface area contributed by atoms with E-state index in [2.05, 4.69) is 26.9 Å². The number of nitrogens with zero attached hydrogens (tertiary/aromatic N) is 5. The number of hydrogen-bond acceptors (Lipinski definition) is 6. The van der Waals surface area contributed by atoms with Crippen LogP contribution in [-0.4, -0.2) is 57.6 Å². The highest BCUT2D eigenvalue weighted by atomic mass is 35.5. The molecular weight excluding hydrogens is 530 g/mol. The number of carbonyl (C=O) groups is 1. The number of aliphatic imine (C=N–C) groups is 1. The topological polar surface area (TPSA) is 72.6 Å². The minimum absolute atomic E-state index is 0.288. The highest BCUT2D eigenvalue weighted by Crippen LogP contribution is 2.43. The molecule has 0 unspecified atom stereocenters. The summed E-state index contributed by atoms with van der Waals surface area (Å²) in [4.78, 5) is 20.6. The van der Waals surface area contributed by atoms with Gasteiger partial charge in [0.15, 0.2) is 5.82 Å². The lowest BCUT2D eigenvalue weighted by molar-refractivity contribution is -0.135. The van der Waals surface area contributed by atoms with E-state index in [0.717, 1.165) is 72.3 Å². The van der Waals surface area contributed by atoms with Crippen molar-refractivity contribution in [2.45, 2.75) is 76.7 Å². The maximum Gasteiger partial charge on any atom is 0.222 e. The number of rotatable bonds is 11. The number of thiophene rings is 1. The third-order valence-corrected chi connectivity index (χ3v) is 9.36. The third-order valence-electron chi connectivity index (χ3n) is 7.85. The SMILES string of the molecule is O=C(CCCCCCCCc1cc2c(s1)-n1c(nnc1C1CC1)CN=C2c1ccccc1Cl)N1CCOCC1. The zero-order chi connectivity index (χ0) is 26.6. The largest absolute Gasteiger partial charge is 0.378 e. The average Bonchev–Trinajstić information content (AvgIpc) is 3.63. The van der Waals surface area contributed by atoms with Crippen LogP contribution in [0, 0.1) is 0 Å². The number of aromatic nitrogens is 3. The van der Waals surface area contributed by atoms with E-state index in [-0.39, 0.29) is 5.91 Å². The molecule has 0 atom stereocenters. The van der Waals surface area contributed by atoms with Gasteiger partial charge >= 0.3 is 0 Å². The summed E-state index contributed by atoms with van der Waals surface area (Å²) < 4.78 is 7.62. The van der Waals surface area contributed by atoms with Crippen LogP contribution in [0.3, 0.4) is 0 Å². The van der Waals surface area contributed by atoms with E-state index in [4.69, 9.17) is 21.3 Å². The molecule has 0 bridgehead atoms. The van der Waals surface area contributed by atoms with Crippen molar-refractivity contribution in [2.75, 3.05) is 26.3 Å². The van der Waals surface area contributed by atoms with Gasteiger partial charge in [0, 0.05) is 46.5 Å². The number of hydrogen-bond donors (Lipinski definition) is 0. The number of aryl methyl sites for hydroxylation is 1. The maximum atomic E-state index is 12.3. The molecule has 3 aliphatic rings. The van der Waals surface area contributed by atoms with Crippen molar-refractivity contribution in [1.82, 2.24) is 19.7 Å². The first-order valence-electron chi connectivity index (χ1n) is 14.4. The summed E-state index contributed by atoms with van der Waals surface area (Å²) >= 11 is 8.49. The van der Waals surface area contributed by atoms with Gasteiger partial charge in [-0.3, -0.25) is 14.4 Å². The predicted octanol–water partition coefficient (Wildman–Crippen LogP) is 6.34. The molecule has 1 aliphatic carbocycles. The fourth-order valence-electron chi connectivity index (χ4n) is 5.52. The van der Waals surface area contributed by atoms with Crippen LogP contribution in [0.15, 0.2) is 35.3 Å². The molecule has 3 aromatic rings. The lowest BCUT2D eigenvalue weighted by Gasteiger charge is -2.26. The summed E-state index contributed by atoms with van der Waals surface area (Å²) in [5.74, 6) is 2.80. The molecule has 2 fully saturated rings. The Balaban J connectivity index is 1.06. The number of morpholine rings is 1. The zero-order valence-corrected chi connectivity index (χ0v) is 24.0. The van der Waals surface area contributed by atoms with Gasteiger partial charge in [-0.2, -0.15) is 0 Å².